The molecule has 0 spiro atoms. The van der Waals surface area contributed by atoms with Gasteiger partial charge in [0.05, 0.1) is 5.52 Å². The molecule has 0 aliphatic heterocycles. The number of halogens is 1. The highest BCUT2D eigenvalue weighted by atomic mass is 79.9. The molecule has 1 aromatic carbocycles. The molecule has 13 heavy (non-hydrogen) atoms. The van der Waals surface area contributed by atoms with Crippen molar-refractivity contribution in [2.75, 3.05) is 0 Å². The van der Waals surface area contributed by atoms with Crippen LogP contribution in [0.3, 0.4) is 0 Å². The van der Waals surface area contributed by atoms with Crippen LogP contribution in [0.5, 0.6) is 0 Å². The number of fused-ring (bicyclic) bond motifs is 1. The second kappa shape index (κ2) is 3.26. The first-order valence-electron chi connectivity index (χ1n) is 3.80. The maximum atomic E-state index is 10.5. The second-order valence-electron chi connectivity index (χ2n) is 2.72. The predicted octanol–water partition coefficient (Wildman–Crippen LogP) is 2.81. The molecule has 1 heterocycles. The fourth-order valence-electron chi connectivity index (χ4n) is 1.18. The first-order valence-corrected chi connectivity index (χ1v) is 4.59. The van der Waals surface area contributed by atoms with Crippen molar-refractivity contribution in [3.05, 3.63) is 40.5 Å². The van der Waals surface area contributed by atoms with Gasteiger partial charge in [-0.1, -0.05) is 15.9 Å². The summed E-state index contributed by atoms with van der Waals surface area (Å²) >= 11 is 3.36. The Morgan fingerprint density at radius 3 is 2.92 bits per heavy atom. The summed E-state index contributed by atoms with van der Waals surface area (Å²) in [4.78, 5) is 14.6. The van der Waals surface area contributed by atoms with Crippen LogP contribution in [0.1, 0.15) is 10.4 Å². The first-order chi connectivity index (χ1) is 6.29. The third-order valence-corrected chi connectivity index (χ3v) is 2.29. The average Bonchev–Trinajstić information content (AvgIpc) is 2.16. The van der Waals surface area contributed by atoms with Gasteiger partial charge in [0.1, 0.15) is 0 Å². The van der Waals surface area contributed by atoms with E-state index in [9.17, 15) is 4.79 Å². The van der Waals surface area contributed by atoms with Crippen molar-refractivity contribution in [2.24, 2.45) is 0 Å². The number of nitrogens with zero attached hydrogens (tertiary/aromatic N) is 1. The van der Waals surface area contributed by atoms with Gasteiger partial charge in [-0.15, -0.1) is 0 Å². The lowest BCUT2D eigenvalue weighted by Gasteiger charge is -1.97. The molecule has 0 unspecified atom stereocenters. The van der Waals surface area contributed by atoms with Crippen molar-refractivity contribution in [1.82, 2.24) is 4.98 Å². The molecule has 64 valence electrons. The lowest BCUT2D eigenvalue weighted by Crippen LogP contribution is -1.84. The summed E-state index contributed by atoms with van der Waals surface area (Å²) in [5.74, 6) is 0. The summed E-state index contributed by atoms with van der Waals surface area (Å²) in [6.07, 6.45) is 2.37. The van der Waals surface area contributed by atoms with E-state index in [0.29, 0.717) is 5.56 Å². The Labute approximate surface area is 83.7 Å². The molecule has 0 radical (unpaired) electrons. The molecule has 0 atom stereocenters. The number of hydrogen-bond donors (Lipinski definition) is 0. The SMILES string of the molecule is O=Cc1cnc2ccc(Br)cc2c1. The third kappa shape index (κ3) is 1.60. The Balaban J connectivity index is 2.74. The summed E-state index contributed by atoms with van der Waals surface area (Å²) in [5.41, 5.74) is 1.50. The molecule has 0 N–H and O–H groups in total. The topological polar surface area (TPSA) is 30.0 Å². The van der Waals surface area contributed by atoms with Crippen LogP contribution in [-0.2, 0) is 0 Å². The molecule has 1 aromatic heterocycles. The largest absolute Gasteiger partial charge is 0.298 e. The minimum absolute atomic E-state index is 0.602. The van der Waals surface area contributed by atoms with Gasteiger partial charge in [0.25, 0.3) is 0 Å². The van der Waals surface area contributed by atoms with Crippen LogP contribution < -0.4 is 0 Å². The minimum Gasteiger partial charge on any atom is -0.298 e. The van der Waals surface area contributed by atoms with E-state index in [1.54, 1.807) is 6.20 Å². The van der Waals surface area contributed by atoms with E-state index in [2.05, 4.69) is 20.9 Å². The summed E-state index contributed by atoms with van der Waals surface area (Å²) in [5, 5.41) is 0.971. The summed E-state index contributed by atoms with van der Waals surface area (Å²) in [7, 11) is 0. The van der Waals surface area contributed by atoms with Crippen molar-refractivity contribution < 1.29 is 4.79 Å². The van der Waals surface area contributed by atoms with Gasteiger partial charge in [-0.2, -0.15) is 0 Å². The fourth-order valence-corrected chi connectivity index (χ4v) is 1.56. The zero-order chi connectivity index (χ0) is 9.26. The Kier molecular flexibility index (Phi) is 2.10. The number of aldehydes is 1. The van der Waals surface area contributed by atoms with Crippen molar-refractivity contribution in [3.8, 4) is 0 Å². The Morgan fingerprint density at radius 2 is 2.15 bits per heavy atom. The number of rotatable bonds is 1. The molecule has 0 bridgehead atoms. The second-order valence-corrected chi connectivity index (χ2v) is 3.64. The fraction of sp³-hybridized carbons (Fsp3) is 0. The molecule has 0 aliphatic rings. The molecule has 0 amide bonds. The van der Waals surface area contributed by atoms with Crippen LogP contribution in [0.4, 0.5) is 0 Å². The number of benzene rings is 1. The summed E-state index contributed by atoms with van der Waals surface area (Å²) in [6.45, 7) is 0. The van der Waals surface area contributed by atoms with E-state index in [0.717, 1.165) is 21.7 Å². The van der Waals surface area contributed by atoms with Gasteiger partial charge in [-0.3, -0.25) is 9.78 Å². The minimum atomic E-state index is 0.602. The van der Waals surface area contributed by atoms with Crippen LogP contribution >= 0.6 is 15.9 Å². The number of aromatic nitrogens is 1. The number of hydrogen-bond acceptors (Lipinski definition) is 2. The molecule has 3 heteroatoms. The summed E-state index contributed by atoms with van der Waals surface area (Å²) in [6, 6.07) is 7.60. The number of carbonyl (C=O) groups is 1. The van der Waals surface area contributed by atoms with Crippen LogP contribution in [0.25, 0.3) is 10.9 Å². The monoisotopic (exact) mass is 235 g/mol. The van der Waals surface area contributed by atoms with Gasteiger partial charge >= 0.3 is 0 Å². The third-order valence-electron chi connectivity index (χ3n) is 1.80. The molecule has 2 rings (SSSR count). The average molecular weight is 236 g/mol. The van der Waals surface area contributed by atoms with E-state index < -0.39 is 0 Å². The molecule has 0 saturated heterocycles. The maximum Gasteiger partial charge on any atom is 0.151 e. The van der Waals surface area contributed by atoms with Crippen LogP contribution in [0.15, 0.2) is 34.9 Å². The smallest absolute Gasteiger partial charge is 0.151 e. The van der Waals surface area contributed by atoms with Crippen molar-refractivity contribution in [3.63, 3.8) is 0 Å². The van der Waals surface area contributed by atoms with E-state index in [4.69, 9.17) is 0 Å². The first kappa shape index (κ1) is 8.38. The molecular weight excluding hydrogens is 230 g/mol. The summed E-state index contributed by atoms with van der Waals surface area (Å²) < 4.78 is 0.991. The highest BCUT2D eigenvalue weighted by molar-refractivity contribution is 9.10. The zero-order valence-electron chi connectivity index (χ0n) is 6.70. The van der Waals surface area contributed by atoms with Crippen molar-refractivity contribution in [1.29, 1.82) is 0 Å². The van der Waals surface area contributed by atoms with E-state index in [1.807, 2.05) is 24.3 Å². The van der Waals surface area contributed by atoms with Crippen molar-refractivity contribution in [2.45, 2.75) is 0 Å². The molecule has 2 aromatic rings. The molecule has 2 nitrogen and oxygen atoms in total. The van der Waals surface area contributed by atoms with Gasteiger partial charge < -0.3 is 0 Å². The predicted molar refractivity (Wildman–Crippen MR) is 54.8 cm³/mol. The van der Waals surface area contributed by atoms with Crippen LogP contribution in [-0.4, -0.2) is 11.3 Å². The lowest BCUT2D eigenvalue weighted by atomic mass is 10.2. The van der Waals surface area contributed by atoms with Gasteiger partial charge in [0, 0.05) is 21.6 Å². The Hall–Kier alpha value is -1.22. The van der Waals surface area contributed by atoms with Crippen LogP contribution in [0, 0.1) is 0 Å². The molecule has 0 saturated carbocycles. The van der Waals surface area contributed by atoms with Gasteiger partial charge in [-0.05, 0) is 24.3 Å². The molecular formula is C10H6BrNO. The highest BCUT2D eigenvalue weighted by Gasteiger charge is 1.97. The molecule has 0 aliphatic carbocycles. The highest BCUT2D eigenvalue weighted by Crippen LogP contribution is 2.18. The Morgan fingerprint density at radius 1 is 1.31 bits per heavy atom. The van der Waals surface area contributed by atoms with Gasteiger partial charge in [0.15, 0.2) is 6.29 Å². The normalized spacial score (nSPS) is 10.2. The van der Waals surface area contributed by atoms with Gasteiger partial charge in [-0.25, -0.2) is 0 Å². The van der Waals surface area contributed by atoms with Crippen molar-refractivity contribution >= 4 is 33.1 Å². The van der Waals surface area contributed by atoms with E-state index >= 15 is 0 Å². The lowest BCUT2D eigenvalue weighted by molar-refractivity contribution is 0.112. The standard InChI is InChI=1S/C10H6BrNO/c11-9-1-2-10-8(4-9)3-7(6-13)5-12-10/h1-6H. The molecule has 0 fully saturated rings. The number of pyridine rings is 1. The quantitative estimate of drug-likeness (QED) is 0.712. The number of carbonyl (C=O) groups excluding carboxylic acids is 1. The van der Waals surface area contributed by atoms with Crippen LogP contribution in [0.2, 0.25) is 0 Å². The Bertz CT molecular complexity index is 467. The van der Waals surface area contributed by atoms with E-state index in [-0.39, 0.29) is 0 Å². The zero-order valence-corrected chi connectivity index (χ0v) is 8.28. The van der Waals surface area contributed by atoms with Gasteiger partial charge in [0.2, 0.25) is 0 Å². The van der Waals surface area contributed by atoms with E-state index in [1.165, 1.54) is 0 Å². The maximum absolute atomic E-state index is 10.5.